The van der Waals surface area contributed by atoms with Crippen LogP contribution in [0.15, 0.2) is 30.3 Å². The molecule has 9 nitrogen and oxygen atoms in total. The highest BCUT2D eigenvalue weighted by molar-refractivity contribution is 6.06. The lowest BCUT2D eigenvalue weighted by Gasteiger charge is -2.38. The molecule has 0 aliphatic carbocycles. The van der Waals surface area contributed by atoms with E-state index in [1.54, 1.807) is 0 Å². The molecular formula is C24H34N4O5. The van der Waals surface area contributed by atoms with Crippen LogP contribution in [0, 0.1) is 11.8 Å². The van der Waals surface area contributed by atoms with E-state index in [0.29, 0.717) is 5.56 Å². The van der Waals surface area contributed by atoms with Crippen LogP contribution in [0.3, 0.4) is 0 Å². The van der Waals surface area contributed by atoms with Gasteiger partial charge in [-0.3, -0.25) is 14.4 Å². The van der Waals surface area contributed by atoms with Crippen molar-refractivity contribution >= 4 is 34.6 Å². The summed E-state index contributed by atoms with van der Waals surface area (Å²) in [5.74, 6) is 0.532. The van der Waals surface area contributed by atoms with Crippen LogP contribution in [0.4, 0.5) is 5.82 Å². The van der Waals surface area contributed by atoms with Gasteiger partial charge >= 0.3 is 0 Å². The second-order valence-electron chi connectivity index (χ2n) is 8.36. The van der Waals surface area contributed by atoms with Crippen molar-refractivity contribution in [3.8, 4) is 0 Å². The number of nitrogens with one attached hydrogen (secondary N) is 1. The maximum atomic E-state index is 11.9. The van der Waals surface area contributed by atoms with Gasteiger partial charge in [0.2, 0.25) is 5.91 Å². The van der Waals surface area contributed by atoms with Crippen molar-refractivity contribution in [3.05, 3.63) is 35.9 Å². The lowest BCUT2D eigenvalue weighted by atomic mass is 9.79. The van der Waals surface area contributed by atoms with E-state index in [4.69, 9.17) is 30.5 Å². The van der Waals surface area contributed by atoms with Gasteiger partial charge in [0.15, 0.2) is 0 Å². The molecule has 9 heteroatoms. The zero-order valence-electron chi connectivity index (χ0n) is 19.3. The molecule has 1 aromatic carbocycles. The smallest absolute Gasteiger partial charge is 0.300 e. The van der Waals surface area contributed by atoms with Crippen molar-refractivity contribution in [1.29, 1.82) is 0 Å². The van der Waals surface area contributed by atoms with Gasteiger partial charge in [0, 0.05) is 32.3 Å². The van der Waals surface area contributed by atoms with E-state index in [-0.39, 0.29) is 5.91 Å². The van der Waals surface area contributed by atoms with Gasteiger partial charge in [-0.25, -0.2) is 4.98 Å². The van der Waals surface area contributed by atoms with E-state index in [2.05, 4.69) is 10.2 Å². The van der Waals surface area contributed by atoms with E-state index >= 15 is 0 Å². The molecule has 5 N–H and O–H groups in total. The van der Waals surface area contributed by atoms with E-state index in [1.807, 2.05) is 30.3 Å². The molecule has 0 saturated carbocycles. The summed E-state index contributed by atoms with van der Waals surface area (Å²) in [6.07, 6.45) is 5.05. The number of rotatable bonds is 3. The number of benzene rings is 1. The number of fused-ring (bicyclic) bond motifs is 1. The zero-order valence-corrected chi connectivity index (χ0v) is 19.3. The number of para-hydroxylation sites is 1. The molecule has 0 atom stereocenters. The second kappa shape index (κ2) is 12.7. The Morgan fingerprint density at radius 2 is 1.48 bits per heavy atom. The van der Waals surface area contributed by atoms with E-state index < -0.39 is 11.9 Å². The number of carboxylic acid groups (broad SMARTS) is 2. The third kappa shape index (κ3) is 8.34. The molecule has 3 heterocycles. The second-order valence-corrected chi connectivity index (χ2v) is 8.36. The number of carbonyl (C=O) groups excluding carboxylic acids is 1. The van der Waals surface area contributed by atoms with Crippen LogP contribution in [0.25, 0.3) is 10.9 Å². The quantitative estimate of drug-likeness (QED) is 0.549. The van der Waals surface area contributed by atoms with Crippen molar-refractivity contribution < 1.29 is 24.6 Å². The van der Waals surface area contributed by atoms with E-state index in [1.165, 1.54) is 38.8 Å². The largest absolute Gasteiger partial charge is 0.481 e. The van der Waals surface area contributed by atoms with Crippen molar-refractivity contribution in [2.24, 2.45) is 17.6 Å². The lowest BCUT2D eigenvalue weighted by molar-refractivity contribution is -0.135. The first kappa shape index (κ1) is 26.1. The minimum Gasteiger partial charge on any atom is -0.481 e. The maximum Gasteiger partial charge on any atom is 0.300 e. The molecule has 2 aliphatic heterocycles. The number of piperidine rings is 2. The van der Waals surface area contributed by atoms with Gasteiger partial charge in [-0.05, 0) is 62.7 Å². The summed E-state index contributed by atoms with van der Waals surface area (Å²) in [6, 6.07) is 9.60. The molecule has 2 aromatic rings. The SMILES string of the molecule is CC(=O)O.CC(=O)O.NC(=O)c1cc(N2CCC(C3CCNCC3)CC2)nc2ccccc12. The molecule has 1 aromatic heterocycles. The monoisotopic (exact) mass is 458 g/mol. The number of amides is 1. The summed E-state index contributed by atoms with van der Waals surface area (Å²) in [6.45, 7) is 6.52. The minimum absolute atomic E-state index is 0.385. The molecule has 2 fully saturated rings. The Balaban J connectivity index is 0.000000420. The number of aromatic nitrogens is 1. The fourth-order valence-electron chi connectivity index (χ4n) is 4.44. The number of pyridine rings is 1. The summed E-state index contributed by atoms with van der Waals surface area (Å²) >= 11 is 0. The standard InChI is InChI=1S/C20H26N4O.2C2H4O2/c21-20(25)17-13-19(23-18-4-2-1-3-16(17)18)24-11-7-15(8-12-24)14-5-9-22-10-6-14;2*1-2(3)4/h1-4,13-15,22H,5-12H2,(H2,21,25);2*1H3,(H,3,4). The van der Waals surface area contributed by atoms with E-state index in [9.17, 15) is 4.79 Å². The van der Waals surface area contributed by atoms with Crippen LogP contribution in [0.2, 0.25) is 0 Å². The molecule has 0 unspecified atom stereocenters. The Hall–Kier alpha value is -3.20. The number of nitrogens with zero attached hydrogens (tertiary/aromatic N) is 2. The van der Waals surface area contributed by atoms with Crippen molar-refractivity contribution in [1.82, 2.24) is 10.3 Å². The number of anilines is 1. The zero-order chi connectivity index (χ0) is 24.4. The number of hydrogen-bond donors (Lipinski definition) is 4. The summed E-state index contributed by atoms with van der Waals surface area (Å²) in [5.41, 5.74) is 7.02. The Kier molecular flexibility index (Phi) is 10.1. The summed E-state index contributed by atoms with van der Waals surface area (Å²) < 4.78 is 0. The molecule has 2 aliphatic rings. The normalized spacial score (nSPS) is 16.7. The number of carbonyl (C=O) groups is 3. The topological polar surface area (TPSA) is 146 Å². The maximum absolute atomic E-state index is 11.9. The van der Waals surface area contributed by atoms with E-state index in [0.717, 1.165) is 55.5 Å². The highest BCUT2D eigenvalue weighted by atomic mass is 16.4. The molecular weight excluding hydrogens is 424 g/mol. The van der Waals surface area contributed by atoms with Crippen LogP contribution in [0.5, 0.6) is 0 Å². The molecule has 180 valence electrons. The van der Waals surface area contributed by atoms with Gasteiger partial charge in [0.1, 0.15) is 5.82 Å². The van der Waals surface area contributed by atoms with Gasteiger partial charge in [-0.15, -0.1) is 0 Å². The predicted molar refractivity (Wildman–Crippen MR) is 127 cm³/mol. The Bertz CT molecular complexity index is 931. The number of nitrogens with two attached hydrogens (primary N) is 1. The molecule has 0 spiro atoms. The van der Waals surface area contributed by atoms with Gasteiger partial charge in [-0.1, -0.05) is 18.2 Å². The molecule has 2 saturated heterocycles. The molecule has 0 bridgehead atoms. The summed E-state index contributed by atoms with van der Waals surface area (Å²) in [7, 11) is 0. The third-order valence-electron chi connectivity index (χ3n) is 5.88. The number of carboxylic acids is 2. The number of primary amides is 1. The van der Waals surface area contributed by atoms with Crippen molar-refractivity contribution in [3.63, 3.8) is 0 Å². The molecule has 0 radical (unpaired) electrons. The van der Waals surface area contributed by atoms with Gasteiger partial charge in [-0.2, -0.15) is 0 Å². The molecule has 4 rings (SSSR count). The Morgan fingerprint density at radius 1 is 0.970 bits per heavy atom. The van der Waals surface area contributed by atoms with Crippen LogP contribution in [0.1, 0.15) is 49.9 Å². The van der Waals surface area contributed by atoms with Crippen LogP contribution >= 0.6 is 0 Å². The van der Waals surface area contributed by atoms with Crippen molar-refractivity contribution in [2.45, 2.75) is 39.5 Å². The molecule has 1 amide bonds. The van der Waals surface area contributed by atoms with Crippen LogP contribution in [-0.4, -0.2) is 59.2 Å². The van der Waals surface area contributed by atoms with Gasteiger partial charge in [0.05, 0.1) is 11.1 Å². The van der Waals surface area contributed by atoms with Crippen LogP contribution in [-0.2, 0) is 9.59 Å². The lowest BCUT2D eigenvalue weighted by Crippen LogP contribution is -2.39. The van der Waals surface area contributed by atoms with Crippen LogP contribution < -0.4 is 16.0 Å². The average Bonchev–Trinajstić information content (AvgIpc) is 2.78. The first-order valence-electron chi connectivity index (χ1n) is 11.2. The highest BCUT2D eigenvalue weighted by Crippen LogP contribution is 2.33. The first-order valence-corrected chi connectivity index (χ1v) is 11.2. The first-order chi connectivity index (χ1) is 15.7. The fraction of sp³-hybridized carbons (Fsp3) is 0.500. The third-order valence-corrected chi connectivity index (χ3v) is 5.88. The highest BCUT2D eigenvalue weighted by Gasteiger charge is 2.28. The Labute approximate surface area is 194 Å². The summed E-state index contributed by atoms with van der Waals surface area (Å²) in [4.78, 5) is 37.0. The number of aliphatic carboxylic acids is 2. The predicted octanol–water partition coefficient (Wildman–Crippen LogP) is 2.73. The minimum atomic E-state index is -0.833. The van der Waals surface area contributed by atoms with Gasteiger partial charge < -0.3 is 26.2 Å². The average molecular weight is 459 g/mol. The van der Waals surface area contributed by atoms with Gasteiger partial charge in [0.25, 0.3) is 11.9 Å². The fourth-order valence-corrected chi connectivity index (χ4v) is 4.44. The Morgan fingerprint density at radius 3 is 2.03 bits per heavy atom. The number of hydrogen-bond acceptors (Lipinski definition) is 6. The summed E-state index contributed by atoms with van der Waals surface area (Å²) in [5, 5.41) is 19.1. The molecule has 33 heavy (non-hydrogen) atoms. The van der Waals surface area contributed by atoms with Crippen molar-refractivity contribution in [2.75, 3.05) is 31.1 Å².